The molecule has 2 heterocycles. The summed E-state index contributed by atoms with van der Waals surface area (Å²) in [6, 6.07) is 7.80. The van der Waals surface area contributed by atoms with Crippen LogP contribution >= 0.6 is 12.2 Å². The Morgan fingerprint density at radius 3 is 2.00 bits per heavy atom. The van der Waals surface area contributed by atoms with Crippen LogP contribution in [0.1, 0.15) is 150 Å². The van der Waals surface area contributed by atoms with E-state index in [1.807, 2.05) is 79.3 Å². The van der Waals surface area contributed by atoms with Crippen molar-refractivity contribution in [3.63, 3.8) is 0 Å². The number of benzene rings is 1. The summed E-state index contributed by atoms with van der Waals surface area (Å²) >= 11 is 5.56. The SMILES string of the molecule is CC.CC.CCCC.CCCC(=N)c1nc(-c2cc(N(C(C)=S)C(C)(C)C(=O)CCC)ccc2OCC)[nH]c(=O)c1C.Cc1cnc(C#N)c(C(F)(F)F)c1. The highest BCUT2D eigenvalue weighted by molar-refractivity contribution is 7.80. The summed E-state index contributed by atoms with van der Waals surface area (Å²) in [5.74, 6) is 0.953. The van der Waals surface area contributed by atoms with Gasteiger partial charge in [0.05, 0.1) is 39.7 Å². The topological polar surface area (TPSA) is 136 Å². The maximum Gasteiger partial charge on any atom is 0.419 e. The number of H-pyrrole nitrogens is 1. The van der Waals surface area contributed by atoms with Gasteiger partial charge >= 0.3 is 6.18 Å². The third-order valence-electron chi connectivity index (χ3n) is 7.68. The third kappa shape index (κ3) is 16.1. The molecule has 0 atom stereocenters. The van der Waals surface area contributed by atoms with Crippen molar-refractivity contribution in [2.24, 2.45) is 0 Å². The summed E-state index contributed by atoms with van der Waals surface area (Å²) in [6.07, 6.45) is 1.87. The number of thiocarbonyl (C=S) groups is 1. The van der Waals surface area contributed by atoms with E-state index in [9.17, 15) is 22.8 Å². The van der Waals surface area contributed by atoms with Gasteiger partial charge in [-0.3, -0.25) is 9.59 Å². The van der Waals surface area contributed by atoms with E-state index in [1.165, 1.54) is 32.0 Å². The van der Waals surface area contributed by atoms with Crippen molar-refractivity contribution >= 4 is 34.4 Å². The van der Waals surface area contributed by atoms with E-state index < -0.39 is 23.0 Å². The van der Waals surface area contributed by atoms with Crippen LogP contribution in [0.15, 0.2) is 35.3 Å². The van der Waals surface area contributed by atoms with E-state index in [1.54, 1.807) is 19.9 Å². The Morgan fingerprint density at radius 2 is 1.55 bits per heavy atom. The molecule has 0 unspecified atom stereocenters. The number of aryl methyl sites for hydroxylation is 1. The number of nitrogens with zero attached hydrogens (tertiary/aromatic N) is 4. The third-order valence-corrected chi connectivity index (χ3v) is 7.87. The number of aromatic nitrogens is 3. The molecule has 2 aromatic heterocycles. The normalized spacial score (nSPS) is 10.3. The number of rotatable bonds is 12. The second kappa shape index (κ2) is 26.4. The lowest BCUT2D eigenvalue weighted by Crippen LogP contribution is -2.52. The van der Waals surface area contributed by atoms with E-state index in [2.05, 4.69) is 28.8 Å². The number of halogens is 3. The molecule has 9 nitrogen and oxygen atoms in total. The zero-order chi connectivity index (χ0) is 43.1. The lowest BCUT2D eigenvalue weighted by atomic mass is 9.92. The van der Waals surface area contributed by atoms with Gasteiger partial charge in [-0.15, -0.1) is 0 Å². The largest absolute Gasteiger partial charge is 0.493 e. The summed E-state index contributed by atoms with van der Waals surface area (Å²) in [6.45, 7) is 27.3. The van der Waals surface area contributed by atoms with Crippen LogP contribution in [0.3, 0.4) is 0 Å². The molecule has 0 amide bonds. The van der Waals surface area contributed by atoms with Gasteiger partial charge < -0.3 is 20.0 Å². The predicted octanol–water partition coefficient (Wildman–Crippen LogP) is 11.8. The molecule has 13 heteroatoms. The number of carbonyl (C=O) groups excluding carboxylic acids is 1. The van der Waals surface area contributed by atoms with Crippen LogP contribution in [0.25, 0.3) is 11.4 Å². The van der Waals surface area contributed by atoms with Crippen molar-refractivity contribution in [2.75, 3.05) is 11.5 Å². The number of nitrogens with one attached hydrogen (secondary N) is 2. The molecule has 2 N–H and O–H groups in total. The number of ketones is 1. The van der Waals surface area contributed by atoms with E-state index in [0.29, 0.717) is 69.8 Å². The van der Waals surface area contributed by atoms with Crippen molar-refractivity contribution in [3.05, 3.63) is 68.9 Å². The maximum atomic E-state index is 13.0. The summed E-state index contributed by atoms with van der Waals surface area (Å²) in [7, 11) is 0. The van der Waals surface area contributed by atoms with Gasteiger partial charge in [0.25, 0.3) is 5.56 Å². The van der Waals surface area contributed by atoms with Crippen molar-refractivity contribution < 1.29 is 22.7 Å². The molecule has 0 saturated heterocycles. The summed E-state index contributed by atoms with van der Waals surface area (Å²) in [5.41, 5.74) is 0.0671. The van der Waals surface area contributed by atoms with Crippen LogP contribution in [0, 0.1) is 30.6 Å². The van der Waals surface area contributed by atoms with Gasteiger partial charge in [0, 0.05) is 23.9 Å². The Kier molecular flexibility index (Phi) is 25.3. The van der Waals surface area contributed by atoms with Gasteiger partial charge in [-0.1, -0.05) is 86.9 Å². The lowest BCUT2D eigenvalue weighted by Gasteiger charge is -2.39. The minimum absolute atomic E-state index is 0.0896. The standard InChI is InChI=1S/C26H36N4O3S.C8H5F3N2.C4H10.2C2H6/c1-8-11-20(27)23-16(4)25(32)29-24(28-23)19-15-18(13-14-21(19)33-10-3)30(17(5)34)26(6,7)22(31)12-9-2;1-5-2-6(8(9,10)11)7(3-12)13-4-5;1-3-4-2;2*1-2/h13-15,27H,8-12H2,1-7H3,(H,28,29,32);2,4H,1H3;3-4H2,1-2H3;2*1-2H3. The molecule has 0 aliphatic carbocycles. The Labute approximate surface area is 332 Å². The minimum atomic E-state index is -4.51. The molecule has 0 aliphatic heterocycles. The first-order chi connectivity index (χ1) is 25.8. The zero-order valence-electron chi connectivity index (χ0n) is 35.4. The second-order valence-corrected chi connectivity index (χ2v) is 12.9. The number of pyridine rings is 1. The first kappa shape index (κ1) is 52.7. The van der Waals surface area contributed by atoms with Gasteiger partial charge in [0.1, 0.15) is 17.6 Å². The van der Waals surface area contributed by atoms with Gasteiger partial charge in [-0.2, -0.15) is 18.4 Å². The first-order valence-corrected chi connectivity index (χ1v) is 19.5. The molecule has 0 aliphatic rings. The quantitative estimate of drug-likeness (QED) is 0.137. The van der Waals surface area contributed by atoms with Crippen molar-refractivity contribution in [3.8, 4) is 23.2 Å². The molecule has 0 spiro atoms. The molecular weight excluding hydrogens is 726 g/mol. The average molecular weight is 789 g/mol. The van der Waals surface area contributed by atoms with Crippen molar-refractivity contribution in [1.82, 2.24) is 15.0 Å². The van der Waals surface area contributed by atoms with Crippen LogP contribution in [-0.4, -0.2) is 43.6 Å². The van der Waals surface area contributed by atoms with Gasteiger partial charge in [-0.25, -0.2) is 9.97 Å². The number of alkyl halides is 3. The van der Waals surface area contributed by atoms with Crippen LogP contribution in [0.2, 0.25) is 0 Å². The number of Topliss-reactive ketones (excluding diaryl/α,β-unsaturated/α-hetero) is 1. The molecule has 0 bridgehead atoms. The Bertz CT molecular complexity index is 1760. The molecular formula is C42H63F3N6O3S. The summed E-state index contributed by atoms with van der Waals surface area (Å²) < 4.78 is 42.5. The summed E-state index contributed by atoms with van der Waals surface area (Å²) in [5, 5.41) is 16.7. The maximum absolute atomic E-state index is 13.0. The number of anilines is 1. The molecule has 306 valence electrons. The summed E-state index contributed by atoms with van der Waals surface area (Å²) in [4.78, 5) is 39.0. The minimum Gasteiger partial charge on any atom is -0.493 e. The predicted molar refractivity (Wildman–Crippen MR) is 225 cm³/mol. The smallest absolute Gasteiger partial charge is 0.419 e. The number of unbranched alkanes of at least 4 members (excludes halogenated alkanes) is 1. The lowest BCUT2D eigenvalue weighted by molar-refractivity contribution is -0.138. The molecule has 3 aromatic rings. The van der Waals surface area contributed by atoms with Gasteiger partial charge in [-0.05, 0) is 84.2 Å². The van der Waals surface area contributed by atoms with Crippen molar-refractivity contribution in [2.45, 2.75) is 147 Å². The van der Waals surface area contributed by atoms with Crippen LogP contribution in [-0.2, 0) is 11.0 Å². The number of ether oxygens (including phenoxy) is 1. The molecule has 0 radical (unpaired) electrons. The highest BCUT2D eigenvalue weighted by atomic mass is 32.1. The average Bonchev–Trinajstić information content (AvgIpc) is 3.15. The number of nitriles is 1. The number of hydrogen-bond acceptors (Lipinski definition) is 8. The highest BCUT2D eigenvalue weighted by Crippen LogP contribution is 2.36. The first-order valence-electron chi connectivity index (χ1n) is 19.1. The van der Waals surface area contributed by atoms with E-state index in [4.69, 9.17) is 27.6 Å². The Hall–Kier alpha value is -4.44. The van der Waals surface area contributed by atoms with E-state index >= 15 is 0 Å². The van der Waals surface area contributed by atoms with E-state index in [0.717, 1.165) is 18.9 Å². The van der Waals surface area contributed by atoms with Crippen molar-refractivity contribution in [1.29, 1.82) is 10.7 Å². The van der Waals surface area contributed by atoms with Crippen LogP contribution in [0.5, 0.6) is 5.75 Å². The molecule has 0 saturated carbocycles. The number of hydrogen-bond donors (Lipinski definition) is 2. The second-order valence-electron chi connectivity index (χ2n) is 12.3. The van der Waals surface area contributed by atoms with E-state index in [-0.39, 0.29) is 11.3 Å². The molecule has 0 fully saturated rings. The highest BCUT2D eigenvalue weighted by Gasteiger charge is 2.36. The molecule has 55 heavy (non-hydrogen) atoms. The van der Waals surface area contributed by atoms with Gasteiger partial charge in [0.2, 0.25) is 0 Å². The Balaban J connectivity index is 0. The number of carbonyl (C=O) groups is 1. The Morgan fingerprint density at radius 1 is 0.982 bits per heavy atom. The fourth-order valence-corrected chi connectivity index (χ4v) is 5.21. The molecule has 1 aromatic carbocycles. The van der Waals surface area contributed by atoms with Crippen LogP contribution in [0.4, 0.5) is 18.9 Å². The zero-order valence-corrected chi connectivity index (χ0v) is 36.2. The molecule has 3 rings (SSSR count). The van der Waals surface area contributed by atoms with Crippen LogP contribution < -0.4 is 15.2 Å². The fourth-order valence-electron chi connectivity index (χ4n) is 4.88. The van der Waals surface area contributed by atoms with Gasteiger partial charge in [0.15, 0.2) is 11.5 Å². The fraction of sp³-hybridized carbons (Fsp3) is 0.548. The number of aromatic amines is 1. The monoisotopic (exact) mass is 788 g/mol.